The van der Waals surface area contributed by atoms with Crippen LogP contribution < -0.4 is 5.32 Å². The van der Waals surface area contributed by atoms with Crippen molar-refractivity contribution in [3.63, 3.8) is 0 Å². The maximum Gasteiger partial charge on any atom is 0.145 e. The van der Waals surface area contributed by atoms with Gasteiger partial charge in [0.25, 0.3) is 0 Å². The van der Waals surface area contributed by atoms with Gasteiger partial charge < -0.3 is 10.1 Å². The number of aromatic nitrogens is 2. The molecule has 0 aliphatic heterocycles. The lowest BCUT2D eigenvalue weighted by Gasteiger charge is -2.12. The van der Waals surface area contributed by atoms with E-state index in [0.717, 1.165) is 41.3 Å². The lowest BCUT2D eigenvalue weighted by atomic mass is 10.0. The van der Waals surface area contributed by atoms with E-state index in [9.17, 15) is 0 Å². The van der Waals surface area contributed by atoms with Crippen molar-refractivity contribution in [2.24, 2.45) is 0 Å². The molecule has 2 aromatic carbocycles. The minimum atomic E-state index is 0.684. The van der Waals surface area contributed by atoms with Crippen molar-refractivity contribution in [3.8, 4) is 22.5 Å². The molecule has 0 unspecified atom stereocenters. The zero-order chi connectivity index (χ0) is 18.4. The summed E-state index contributed by atoms with van der Waals surface area (Å²) in [5, 5.41) is 4.66. The van der Waals surface area contributed by atoms with E-state index < -0.39 is 0 Å². The van der Waals surface area contributed by atoms with Crippen LogP contribution in [0.25, 0.3) is 22.5 Å². The highest BCUT2D eigenvalue weighted by atomic mass is 35.5. The molecule has 0 aliphatic carbocycles. The van der Waals surface area contributed by atoms with Gasteiger partial charge in [0, 0.05) is 41.4 Å². The fraction of sp³-hybridized carbons (Fsp3) is 0.200. The molecule has 26 heavy (non-hydrogen) atoms. The zero-order valence-electron chi connectivity index (χ0n) is 14.4. The SMILES string of the molecule is COCCCNc1cnc(-c2ccc(Cl)cc2)c(-c2ccc(Cl)cc2)n1. The zero-order valence-corrected chi connectivity index (χ0v) is 15.9. The average Bonchev–Trinajstić information content (AvgIpc) is 2.67. The van der Waals surface area contributed by atoms with Gasteiger partial charge in [0.2, 0.25) is 0 Å². The number of methoxy groups -OCH3 is 1. The first-order chi connectivity index (χ1) is 12.7. The maximum absolute atomic E-state index is 6.03. The first-order valence-corrected chi connectivity index (χ1v) is 9.04. The Labute approximate surface area is 163 Å². The smallest absolute Gasteiger partial charge is 0.145 e. The summed E-state index contributed by atoms with van der Waals surface area (Å²) in [5.41, 5.74) is 3.50. The molecule has 4 nitrogen and oxygen atoms in total. The highest BCUT2D eigenvalue weighted by Gasteiger charge is 2.12. The fourth-order valence-electron chi connectivity index (χ4n) is 2.54. The fourth-order valence-corrected chi connectivity index (χ4v) is 2.79. The largest absolute Gasteiger partial charge is 0.385 e. The lowest BCUT2D eigenvalue weighted by molar-refractivity contribution is 0.198. The Kier molecular flexibility index (Phi) is 6.45. The first-order valence-electron chi connectivity index (χ1n) is 8.29. The predicted octanol–water partition coefficient (Wildman–Crippen LogP) is 5.57. The number of halogens is 2. The Morgan fingerprint density at radius 3 is 2.04 bits per heavy atom. The molecule has 0 atom stereocenters. The third-order valence-corrected chi connectivity index (χ3v) is 4.34. The molecular weight excluding hydrogens is 369 g/mol. The second-order valence-corrected chi connectivity index (χ2v) is 6.61. The molecule has 0 fully saturated rings. The van der Waals surface area contributed by atoms with Crippen LogP contribution in [0.1, 0.15) is 6.42 Å². The minimum absolute atomic E-state index is 0.684. The van der Waals surface area contributed by atoms with Gasteiger partial charge in [-0.2, -0.15) is 0 Å². The van der Waals surface area contributed by atoms with Crippen LogP contribution in [-0.2, 0) is 4.74 Å². The summed E-state index contributed by atoms with van der Waals surface area (Å²) in [5.74, 6) is 0.726. The van der Waals surface area contributed by atoms with E-state index in [1.807, 2.05) is 48.5 Å². The van der Waals surface area contributed by atoms with E-state index in [1.54, 1.807) is 13.3 Å². The summed E-state index contributed by atoms with van der Waals surface area (Å²) in [6, 6.07) is 15.2. The number of anilines is 1. The highest BCUT2D eigenvalue weighted by molar-refractivity contribution is 6.31. The molecule has 0 spiro atoms. The third kappa shape index (κ3) is 4.73. The van der Waals surface area contributed by atoms with Crippen molar-refractivity contribution >= 4 is 29.0 Å². The van der Waals surface area contributed by atoms with Crippen LogP contribution in [0.4, 0.5) is 5.82 Å². The molecular formula is C20H19Cl2N3O. The molecule has 0 aliphatic rings. The van der Waals surface area contributed by atoms with Crippen molar-refractivity contribution in [2.45, 2.75) is 6.42 Å². The molecule has 0 radical (unpaired) electrons. The van der Waals surface area contributed by atoms with Gasteiger partial charge in [-0.1, -0.05) is 47.5 Å². The molecule has 1 N–H and O–H groups in total. The van der Waals surface area contributed by atoms with E-state index >= 15 is 0 Å². The van der Waals surface area contributed by atoms with Crippen LogP contribution in [0, 0.1) is 0 Å². The molecule has 3 rings (SSSR count). The Bertz CT molecular complexity index is 852. The number of ether oxygens (including phenoxy) is 1. The van der Waals surface area contributed by atoms with Gasteiger partial charge in [0.1, 0.15) is 5.82 Å². The number of nitrogens with one attached hydrogen (secondary N) is 1. The predicted molar refractivity (Wildman–Crippen MR) is 108 cm³/mol. The van der Waals surface area contributed by atoms with Crippen LogP contribution in [0.2, 0.25) is 10.0 Å². The monoisotopic (exact) mass is 387 g/mol. The molecule has 0 saturated carbocycles. The van der Waals surface area contributed by atoms with Crippen molar-refractivity contribution in [3.05, 3.63) is 64.8 Å². The summed E-state index contributed by atoms with van der Waals surface area (Å²) in [6.07, 6.45) is 2.64. The van der Waals surface area contributed by atoms with Gasteiger partial charge in [-0.3, -0.25) is 4.98 Å². The summed E-state index contributed by atoms with van der Waals surface area (Å²) < 4.78 is 5.07. The van der Waals surface area contributed by atoms with Crippen molar-refractivity contribution in [1.29, 1.82) is 0 Å². The number of hydrogen-bond donors (Lipinski definition) is 1. The van der Waals surface area contributed by atoms with Crippen LogP contribution in [0.15, 0.2) is 54.7 Å². The molecule has 1 heterocycles. The van der Waals surface area contributed by atoms with Crippen LogP contribution in [-0.4, -0.2) is 30.2 Å². The van der Waals surface area contributed by atoms with Crippen molar-refractivity contribution in [1.82, 2.24) is 9.97 Å². The summed E-state index contributed by atoms with van der Waals surface area (Å²) in [4.78, 5) is 9.42. The minimum Gasteiger partial charge on any atom is -0.385 e. The molecule has 0 saturated heterocycles. The standard InChI is InChI=1S/C20H19Cl2N3O/c1-26-12-2-11-23-18-13-24-19(14-3-7-16(21)8-4-14)20(25-18)15-5-9-17(22)10-6-15/h3-10,13H,2,11-12H2,1H3,(H,23,25). The van der Waals surface area contributed by atoms with Crippen LogP contribution in [0.5, 0.6) is 0 Å². The van der Waals surface area contributed by atoms with Gasteiger partial charge >= 0.3 is 0 Å². The van der Waals surface area contributed by atoms with E-state index in [2.05, 4.69) is 10.3 Å². The first kappa shape index (κ1) is 18.6. The molecule has 134 valence electrons. The highest BCUT2D eigenvalue weighted by Crippen LogP contribution is 2.31. The van der Waals surface area contributed by atoms with E-state index in [-0.39, 0.29) is 0 Å². The van der Waals surface area contributed by atoms with Crippen LogP contribution in [0.3, 0.4) is 0 Å². The maximum atomic E-state index is 6.03. The second kappa shape index (κ2) is 8.99. The number of rotatable bonds is 7. The van der Waals surface area contributed by atoms with Gasteiger partial charge in [-0.25, -0.2) is 4.98 Å². The quantitative estimate of drug-likeness (QED) is 0.538. The summed E-state index contributed by atoms with van der Waals surface area (Å²) >= 11 is 12.0. The Balaban J connectivity index is 1.97. The molecule has 1 aromatic heterocycles. The molecule has 3 aromatic rings. The number of nitrogens with zero attached hydrogens (tertiary/aromatic N) is 2. The van der Waals surface area contributed by atoms with Gasteiger partial charge in [0.05, 0.1) is 17.6 Å². The summed E-state index contributed by atoms with van der Waals surface area (Å²) in [6.45, 7) is 1.47. The topological polar surface area (TPSA) is 47.0 Å². The van der Waals surface area contributed by atoms with E-state index in [0.29, 0.717) is 16.7 Å². The molecule has 6 heteroatoms. The van der Waals surface area contributed by atoms with Crippen molar-refractivity contribution in [2.75, 3.05) is 25.6 Å². The van der Waals surface area contributed by atoms with Crippen molar-refractivity contribution < 1.29 is 4.74 Å². The Morgan fingerprint density at radius 1 is 0.885 bits per heavy atom. The third-order valence-electron chi connectivity index (χ3n) is 3.84. The number of hydrogen-bond acceptors (Lipinski definition) is 4. The lowest BCUT2D eigenvalue weighted by Crippen LogP contribution is -2.07. The number of benzene rings is 2. The molecule has 0 amide bonds. The second-order valence-electron chi connectivity index (χ2n) is 5.74. The van der Waals surface area contributed by atoms with Gasteiger partial charge in [0.15, 0.2) is 0 Å². The normalized spacial score (nSPS) is 10.7. The Morgan fingerprint density at radius 2 is 1.46 bits per heavy atom. The van der Waals surface area contributed by atoms with Gasteiger partial charge in [-0.05, 0) is 30.7 Å². The average molecular weight is 388 g/mol. The molecule has 0 bridgehead atoms. The van der Waals surface area contributed by atoms with E-state index in [4.69, 9.17) is 32.9 Å². The van der Waals surface area contributed by atoms with E-state index in [1.165, 1.54) is 0 Å². The van der Waals surface area contributed by atoms with Gasteiger partial charge in [-0.15, -0.1) is 0 Å². The summed E-state index contributed by atoms with van der Waals surface area (Å²) in [7, 11) is 1.69. The van der Waals surface area contributed by atoms with Crippen LogP contribution >= 0.6 is 23.2 Å². The Hall–Kier alpha value is -2.14.